The van der Waals surface area contributed by atoms with Gasteiger partial charge in [0, 0.05) is 23.2 Å². The molecule has 0 amide bonds. The quantitative estimate of drug-likeness (QED) is 0.822. The van der Waals surface area contributed by atoms with Crippen molar-refractivity contribution in [3.05, 3.63) is 18.0 Å². The Kier molecular flexibility index (Phi) is 6.22. The Morgan fingerprint density at radius 1 is 1.39 bits per heavy atom. The maximum Gasteiger partial charge on any atom is 0.0583 e. The fraction of sp³-hybridized carbons (Fsp3) is 0.786. The molecule has 1 unspecified atom stereocenters. The number of hydrogen-bond donors (Lipinski definition) is 1. The monoisotopic (exact) mass is 269 g/mol. The Morgan fingerprint density at radius 2 is 2.11 bits per heavy atom. The lowest BCUT2D eigenvalue weighted by Crippen LogP contribution is -2.27. The molecule has 104 valence electrons. The molecule has 4 heteroatoms. The third-order valence-corrected chi connectivity index (χ3v) is 4.04. The van der Waals surface area contributed by atoms with Gasteiger partial charge in [0.2, 0.25) is 0 Å². The number of aromatic nitrogens is 2. The molecule has 1 N–H and O–H groups in total. The van der Waals surface area contributed by atoms with Crippen molar-refractivity contribution in [2.45, 2.75) is 58.4 Å². The summed E-state index contributed by atoms with van der Waals surface area (Å²) in [5.41, 5.74) is 1.32. The number of thioether (sulfide) groups is 1. The van der Waals surface area contributed by atoms with Crippen molar-refractivity contribution in [3.8, 4) is 0 Å². The highest BCUT2D eigenvalue weighted by molar-refractivity contribution is 8.00. The number of hydrogen-bond acceptors (Lipinski definition) is 3. The van der Waals surface area contributed by atoms with Crippen molar-refractivity contribution in [2.75, 3.05) is 12.3 Å². The Balaban J connectivity index is 2.73. The van der Waals surface area contributed by atoms with Gasteiger partial charge < -0.3 is 5.32 Å². The second-order valence-electron chi connectivity index (χ2n) is 5.51. The van der Waals surface area contributed by atoms with E-state index in [0.717, 1.165) is 25.3 Å². The zero-order chi connectivity index (χ0) is 13.6. The molecule has 0 radical (unpaired) electrons. The molecule has 3 nitrogen and oxygen atoms in total. The average molecular weight is 269 g/mol. The normalized spacial score (nSPS) is 13.8. The van der Waals surface area contributed by atoms with E-state index in [-0.39, 0.29) is 0 Å². The molecule has 0 fully saturated rings. The van der Waals surface area contributed by atoms with Crippen molar-refractivity contribution in [1.82, 2.24) is 15.1 Å². The summed E-state index contributed by atoms with van der Waals surface area (Å²) < 4.78 is 2.44. The zero-order valence-corrected chi connectivity index (χ0v) is 13.2. The van der Waals surface area contributed by atoms with Crippen molar-refractivity contribution in [2.24, 2.45) is 0 Å². The van der Waals surface area contributed by atoms with E-state index in [1.54, 1.807) is 0 Å². The van der Waals surface area contributed by atoms with Crippen LogP contribution in [0.5, 0.6) is 0 Å². The van der Waals surface area contributed by atoms with E-state index in [1.807, 2.05) is 18.0 Å². The summed E-state index contributed by atoms with van der Waals surface area (Å²) in [7, 11) is 0. The van der Waals surface area contributed by atoms with Crippen LogP contribution in [0.15, 0.2) is 12.3 Å². The van der Waals surface area contributed by atoms with Crippen LogP contribution in [0.4, 0.5) is 0 Å². The summed E-state index contributed by atoms with van der Waals surface area (Å²) >= 11 is 2.00. The molecule has 1 heterocycles. The van der Waals surface area contributed by atoms with Gasteiger partial charge in [-0.05, 0) is 19.0 Å². The van der Waals surface area contributed by atoms with Gasteiger partial charge >= 0.3 is 0 Å². The van der Waals surface area contributed by atoms with Crippen LogP contribution < -0.4 is 5.32 Å². The summed E-state index contributed by atoms with van der Waals surface area (Å²) in [4.78, 5) is 0. The van der Waals surface area contributed by atoms with Crippen LogP contribution in [0.3, 0.4) is 0 Å². The number of nitrogens with zero attached hydrogens (tertiary/aromatic N) is 2. The summed E-state index contributed by atoms with van der Waals surface area (Å²) in [6.07, 6.45) is 3.04. The van der Waals surface area contributed by atoms with Gasteiger partial charge in [-0.25, -0.2) is 0 Å². The molecule has 0 spiro atoms. The molecule has 0 saturated carbocycles. The molecular weight excluding hydrogens is 242 g/mol. The Labute approximate surface area is 116 Å². The van der Waals surface area contributed by atoms with Gasteiger partial charge in [-0.2, -0.15) is 16.9 Å². The number of nitrogens with one attached hydrogen (secondary N) is 1. The lowest BCUT2D eigenvalue weighted by Gasteiger charge is -2.24. The molecule has 1 aromatic rings. The minimum Gasteiger partial charge on any atom is -0.308 e. The van der Waals surface area contributed by atoms with Gasteiger partial charge in [0.25, 0.3) is 0 Å². The van der Waals surface area contributed by atoms with E-state index < -0.39 is 0 Å². The molecule has 0 aliphatic heterocycles. The standard InChI is InChI=1S/C14H27N3S/c1-6-10-17-13(8-9-16-17)12(15-7-2)11-18-14(3,4)5/h8-9,12,15H,6-7,10-11H2,1-5H3. The van der Waals surface area contributed by atoms with Crippen LogP contribution in [0.2, 0.25) is 0 Å². The predicted octanol–water partition coefficient (Wildman–Crippen LogP) is 3.48. The predicted molar refractivity (Wildman–Crippen MR) is 81.1 cm³/mol. The highest BCUT2D eigenvalue weighted by atomic mass is 32.2. The van der Waals surface area contributed by atoms with Gasteiger partial charge in [-0.15, -0.1) is 0 Å². The minimum absolute atomic E-state index is 0.309. The molecule has 0 bridgehead atoms. The van der Waals surface area contributed by atoms with Gasteiger partial charge in [0.15, 0.2) is 0 Å². The maximum atomic E-state index is 4.42. The molecule has 0 aliphatic carbocycles. The number of rotatable bonds is 7. The topological polar surface area (TPSA) is 29.9 Å². The summed E-state index contributed by atoms with van der Waals surface area (Å²) in [5.74, 6) is 1.09. The largest absolute Gasteiger partial charge is 0.308 e. The van der Waals surface area contributed by atoms with Crippen LogP contribution >= 0.6 is 11.8 Å². The first-order chi connectivity index (χ1) is 8.48. The summed E-state index contributed by atoms with van der Waals surface area (Å²) in [6.45, 7) is 13.2. The zero-order valence-electron chi connectivity index (χ0n) is 12.4. The lowest BCUT2D eigenvalue weighted by atomic mass is 10.2. The van der Waals surface area contributed by atoms with Crippen LogP contribution in [-0.4, -0.2) is 26.8 Å². The van der Waals surface area contributed by atoms with Gasteiger partial charge in [-0.1, -0.05) is 34.6 Å². The van der Waals surface area contributed by atoms with E-state index >= 15 is 0 Å². The fourth-order valence-corrected chi connectivity index (χ4v) is 2.82. The smallest absolute Gasteiger partial charge is 0.0583 e. The third-order valence-electron chi connectivity index (χ3n) is 2.68. The fourth-order valence-electron chi connectivity index (χ4n) is 1.87. The molecule has 1 rings (SSSR count). The number of aryl methyl sites for hydroxylation is 1. The lowest BCUT2D eigenvalue weighted by molar-refractivity contribution is 0.507. The molecule has 0 aliphatic rings. The molecule has 0 aromatic carbocycles. The summed E-state index contributed by atoms with van der Waals surface area (Å²) in [5, 5.41) is 8.00. The Morgan fingerprint density at radius 3 is 2.67 bits per heavy atom. The first-order valence-electron chi connectivity index (χ1n) is 6.87. The van der Waals surface area contributed by atoms with E-state index in [4.69, 9.17) is 0 Å². The van der Waals surface area contributed by atoms with Crippen LogP contribution in [0, 0.1) is 0 Å². The first kappa shape index (κ1) is 15.6. The molecule has 1 atom stereocenters. The van der Waals surface area contributed by atoms with Crippen molar-refractivity contribution < 1.29 is 0 Å². The highest BCUT2D eigenvalue weighted by Crippen LogP contribution is 2.28. The molecule has 1 aromatic heterocycles. The van der Waals surface area contributed by atoms with E-state index in [9.17, 15) is 0 Å². The highest BCUT2D eigenvalue weighted by Gasteiger charge is 2.19. The molecule has 18 heavy (non-hydrogen) atoms. The Bertz CT molecular complexity index is 341. The van der Waals surface area contributed by atoms with E-state index in [0.29, 0.717) is 10.8 Å². The van der Waals surface area contributed by atoms with Crippen LogP contribution in [-0.2, 0) is 6.54 Å². The summed E-state index contributed by atoms with van der Waals surface area (Å²) in [6, 6.07) is 2.54. The second-order valence-corrected chi connectivity index (χ2v) is 7.36. The van der Waals surface area contributed by atoms with Crippen molar-refractivity contribution in [3.63, 3.8) is 0 Å². The second kappa shape index (κ2) is 7.19. The minimum atomic E-state index is 0.309. The van der Waals surface area contributed by atoms with E-state index in [1.165, 1.54) is 5.69 Å². The molecule has 0 saturated heterocycles. The van der Waals surface area contributed by atoms with Crippen LogP contribution in [0.1, 0.15) is 52.8 Å². The van der Waals surface area contributed by atoms with Gasteiger partial charge in [0.05, 0.1) is 11.7 Å². The van der Waals surface area contributed by atoms with Gasteiger partial charge in [0.1, 0.15) is 0 Å². The van der Waals surface area contributed by atoms with Crippen molar-refractivity contribution >= 4 is 11.8 Å². The first-order valence-corrected chi connectivity index (χ1v) is 7.85. The third kappa shape index (κ3) is 5.02. The maximum absolute atomic E-state index is 4.42. The average Bonchev–Trinajstić information content (AvgIpc) is 2.72. The van der Waals surface area contributed by atoms with Gasteiger partial charge in [-0.3, -0.25) is 4.68 Å². The SMILES string of the molecule is CCCn1nccc1C(CSC(C)(C)C)NCC. The van der Waals surface area contributed by atoms with E-state index in [2.05, 4.69) is 55.8 Å². The van der Waals surface area contributed by atoms with Crippen LogP contribution in [0.25, 0.3) is 0 Å². The Hall–Kier alpha value is -0.480. The van der Waals surface area contributed by atoms with Crippen molar-refractivity contribution in [1.29, 1.82) is 0 Å². The molecular formula is C14H27N3S.